The van der Waals surface area contributed by atoms with Gasteiger partial charge in [-0.2, -0.15) is 0 Å². The lowest BCUT2D eigenvalue weighted by molar-refractivity contribution is -0.123. The highest BCUT2D eigenvalue weighted by atomic mass is 16.2. The van der Waals surface area contributed by atoms with Crippen LogP contribution < -0.4 is 5.73 Å². The zero-order valence-electron chi connectivity index (χ0n) is 16.3. The predicted octanol–water partition coefficient (Wildman–Crippen LogP) is 3.75. The molecule has 1 aliphatic rings. The van der Waals surface area contributed by atoms with Crippen LogP contribution in [0.4, 0.5) is 0 Å². The lowest BCUT2D eigenvalue weighted by Gasteiger charge is -2.35. The van der Waals surface area contributed by atoms with E-state index in [2.05, 4.69) is 23.2 Å². The van der Waals surface area contributed by atoms with Crippen molar-refractivity contribution in [2.45, 2.75) is 31.8 Å². The van der Waals surface area contributed by atoms with E-state index in [-0.39, 0.29) is 11.9 Å². The van der Waals surface area contributed by atoms with E-state index in [1.165, 1.54) is 5.56 Å². The van der Waals surface area contributed by atoms with Crippen LogP contribution in [0.3, 0.4) is 0 Å². The van der Waals surface area contributed by atoms with E-state index in [4.69, 9.17) is 5.73 Å². The van der Waals surface area contributed by atoms with E-state index in [1.807, 2.05) is 25.1 Å². The molecule has 1 aromatic heterocycles. The minimum absolute atomic E-state index is 0.211. The van der Waals surface area contributed by atoms with Crippen molar-refractivity contribution >= 4 is 11.8 Å². The number of amides is 2. The number of primary amides is 1. The highest BCUT2D eigenvalue weighted by molar-refractivity contribution is 5.98. The van der Waals surface area contributed by atoms with Gasteiger partial charge in [0.1, 0.15) is 6.04 Å². The average Bonchev–Trinajstić information content (AvgIpc) is 3.15. The quantitative estimate of drug-likeness (QED) is 0.727. The molecule has 5 nitrogen and oxygen atoms in total. The van der Waals surface area contributed by atoms with Crippen LogP contribution in [0, 0.1) is 6.92 Å². The second-order valence-electron chi connectivity index (χ2n) is 7.43. The summed E-state index contributed by atoms with van der Waals surface area (Å²) >= 11 is 0. The van der Waals surface area contributed by atoms with Gasteiger partial charge in [-0.3, -0.25) is 14.6 Å². The molecule has 1 heterocycles. The van der Waals surface area contributed by atoms with Crippen molar-refractivity contribution in [1.82, 2.24) is 9.88 Å². The third-order valence-electron chi connectivity index (χ3n) is 5.49. The van der Waals surface area contributed by atoms with Gasteiger partial charge in [-0.25, -0.2) is 0 Å². The van der Waals surface area contributed by atoms with Gasteiger partial charge in [-0.1, -0.05) is 48.0 Å². The van der Waals surface area contributed by atoms with E-state index in [9.17, 15) is 9.59 Å². The number of hydrogen-bond donors (Lipinski definition) is 1. The van der Waals surface area contributed by atoms with Crippen LogP contribution >= 0.6 is 0 Å². The maximum absolute atomic E-state index is 13.6. The molecule has 4 rings (SSSR count). The number of carbonyl (C=O) groups is 2. The molecule has 2 atom stereocenters. The summed E-state index contributed by atoms with van der Waals surface area (Å²) in [7, 11) is 0. The van der Waals surface area contributed by atoms with Crippen LogP contribution in [0.15, 0.2) is 73.1 Å². The van der Waals surface area contributed by atoms with Gasteiger partial charge in [-0.15, -0.1) is 0 Å². The van der Waals surface area contributed by atoms with E-state index in [1.54, 1.807) is 41.6 Å². The predicted molar refractivity (Wildman–Crippen MR) is 111 cm³/mol. The third kappa shape index (κ3) is 3.63. The van der Waals surface area contributed by atoms with Crippen LogP contribution in [-0.2, 0) is 11.2 Å². The van der Waals surface area contributed by atoms with Gasteiger partial charge >= 0.3 is 0 Å². The number of benzene rings is 2. The zero-order valence-corrected chi connectivity index (χ0v) is 16.3. The first-order valence-corrected chi connectivity index (χ1v) is 9.72. The molecule has 3 aromatic rings. The largest absolute Gasteiger partial charge is 0.368 e. The van der Waals surface area contributed by atoms with Crippen molar-refractivity contribution in [1.29, 1.82) is 0 Å². The maximum Gasteiger partial charge on any atom is 0.255 e. The Hall–Kier alpha value is -3.47. The van der Waals surface area contributed by atoms with Crippen LogP contribution in [0.5, 0.6) is 0 Å². The molecule has 2 amide bonds. The number of nitrogens with two attached hydrogens (primary N) is 1. The smallest absolute Gasteiger partial charge is 0.255 e. The van der Waals surface area contributed by atoms with Gasteiger partial charge in [0.05, 0.1) is 6.04 Å². The zero-order chi connectivity index (χ0) is 20.4. The SMILES string of the molecule is Cc1ccc2c(c1)[C@H](N(C(=O)c1ccccc1)C(C(N)=O)c1cccnc1)CC2. The van der Waals surface area contributed by atoms with Crippen molar-refractivity contribution in [3.05, 3.63) is 101 Å². The van der Waals surface area contributed by atoms with Crippen LogP contribution in [-0.4, -0.2) is 21.7 Å². The number of aromatic nitrogens is 1. The van der Waals surface area contributed by atoms with Gasteiger partial charge in [0, 0.05) is 23.5 Å². The summed E-state index contributed by atoms with van der Waals surface area (Å²) in [5.41, 5.74) is 10.4. The molecule has 0 radical (unpaired) electrons. The first-order chi connectivity index (χ1) is 14.1. The van der Waals surface area contributed by atoms with Crippen molar-refractivity contribution < 1.29 is 9.59 Å². The fourth-order valence-electron chi connectivity index (χ4n) is 4.16. The summed E-state index contributed by atoms with van der Waals surface area (Å²) in [6.07, 6.45) is 4.85. The van der Waals surface area contributed by atoms with Gasteiger partial charge in [0.2, 0.25) is 5.91 Å². The molecule has 2 N–H and O–H groups in total. The van der Waals surface area contributed by atoms with E-state index in [0.717, 1.165) is 24.0 Å². The van der Waals surface area contributed by atoms with Crippen molar-refractivity contribution in [2.24, 2.45) is 5.73 Å². The molecule has 1 unspecified atom stereocenters. The molecule has 0 aliphatic heterocycles. The Morgan fingerprint density at radius 2 is 1.90 bits per heavy atom. The van der Waals surface area contributed by atoms with Crippen LogP contribution in [0.25, 0.3) is 0 Å². The summed E-state index contributed by atoms with van der Waals surface area (Å²) in [5.74, 6) is -0.777. The summed E-state index contributed by atoms with van der Waals surface area (Å²) in [5, 5.41) is 0. The Morgan fingerprint density at radius 3 is 2.59 bits per heavy atom. The molecule has 146 valence electrons. The van der Waals surface area contributed by atoms with Crippen molar-refractivity contribution in [2.75, 3.05) is 0 Å². The molecule has 1 aliphatic carbocycles. The second kappa shape index (κ2) is 7.87. The Morgan fingerprint density at radius 1 is 1.10 bits per heavy atom. The molecule has 0 spiro atoms. The minimum atomic E-state index is -0.895. The number of nitrogens with zero attached hydrogens (tertiary/aromatic N) is 2. The molecule has 29 heavy (non-hydrogen) atoms. The second-order valence-corrected chi connectivity index (χ2v) is 7.43. The summed E-state index contributed by atoms with van der Waals surface area (Å²) < 4.78 is 0. The van der Waals surface area contributed by atoms with Crippen LogP contribution in [0.1, 0.15) is 51.1 Å². The standard InChI is InChI=1S/C24H23N3O2/c1-16-9-10-17-11-12-21(20(17)14-16)27(24(29)18-6-3-2-4-7-18)22(23(25)28)19-8-5-13-26-15-19/h2-10,13-15,21-22H,11-12H2,1H3,(H2,25,28)/t21-,22?/m1/s1. The normalized spacial score (nSPS) is 16.1. The van der Waals surface area contributed by atoms with Gasteiger partial charge in [0.25, 0.3) is 5.91 Å². The Bertz CT molecular complexity index is 1030. The number of aryl methyl sites for hydroxylation is 2. The Balaban J connectivity index is 1.86. The lowest BCUT2D eigenvalue weighted by Crippen LogP contribution is -2.43. The molecule has 5 heteroatoms. The molecule has 2 aromatic carbocycles. The first kappa shape index (κ1) is 18.9. The van der Waals surface area contributed by atoms with Crippen molar-refractivity contribution in [3.63, 3.8) is 0 Å². The minimum Gasteiger partial charge on any atom is -0.368 e. The van der Waals surface area contributed by atoms with Crippen LogP contribution in [0.2, 0.25) is 0 Å². The molecule has 0 fully saturated rings. The maximum atomic E-state index is 13.6. The third-order valence-corrected chi connectivity index (χ3v) is 5.49. The Labute approximate surface area is 170 Å². The van der Waals surface area contributed by atoms with E-state index >= 15 is 0 Å². The lowest BCUT2D eigenvalue weighted by atomic mass is 9.98. The number of fused-ring (bicyclic) bond motifs is 1. The van der Waals surface area contributed by atoms with Gasteiger partial charge in [-0.05, 0) is 49.1 Å². The van der Waals surface area contributed by atoms with Gasteiger partial charge < -0.3 is 10.6 Å². The van der Waals surface area contributed by atoms with E-state index in [0.29, 0.717) is 11.1 Å². The van der Waals surface area contributed by atoms with Gasteiger partial charge in [0.15, 0.2) is 0 Å². The highest BCUT2D eigenvalue weighted by Gasteiger charge is 2.39. The molecule has 0 saturated carbocycles. The number of rotatable bonds is 5. The highest BCUT2D eigenvalue weighted by Crippen LogP contribution is 2.41. The average molecular weight is 385 g/mol. The number of carbonyl (C=O) groups excluding carboxylic acids is 2. The first-order valence-electron chi connectivity index (χ1n) is 9.72. The molecular weight excluding hydrogens is 362 g/mol. The fraction of sp³-hybridized carbons (Fsp3) is 0.208. The number of pyridine rings is 1. The summed E-state index contributed by atoms with van der Waals surface area (Å²) in [6.45, 7) is 2.03. The topological polar surface area (TPSA) is 76.3 Å². The fourth-order valence-corrected chi connectivity index (χ4v) is 4.16. The molecular formula is C24H23N3O2. The van der Waals surface area contributed by atoms with Crippen molar-refractivity contribution in [3.8, 4) is 0 Å². The molecule has 0 bridgehead atoms. The monoisotopic (exact) mass is 385 g/mol. The number of hydrogen-bond acceptors (Lipinski definition) is 3. The molecule has 0 saturated heterocycles. The summed E-state index contributed by atoms with van der Waals surface area (Å²) in [6, 6.07) is 17.8. The Kier molecular flexibility index (Phi) is 5.12. The van der Waals surface area contributed by atoms with E-state index < -0.39 is 11.9 Å². The summed E-state index contributed by atoms with van der Waals surface area (Å²) in [4.78, 5) is 32.1.